The Hall–Kier alpha value is -2.29. The number of anilines is 1. The van der Waals surface area contributed by atoms with E-state index in [-0.39, 0.29) is 24.5 Å². The Morgan fingerprint density at radius 2 is 2.03 bits per heavy atom. The van der Waals surface area contributed by atoms with Crippen molar-refractivity contribution in [3.63, 3.8) is 0 Å². The minimum Gasteiger partial charge on any atom is -0.380 e. The molecule has 0 aliphatic heterocycles. The molecule has 0 aromatic carbocycles. The minimum atomic E-state index is -0.495. The van der Waals surface area contributed by atoms with Crippen LogP contribution in [0.3, 0.4) is 0 Å². The van der Waals surface area contributed by atoms with Crippen molar-refractivity contribution in [1.29, 1.82) is 0 Å². The van der Waals surface area contributed by atoms with Crippen LogP contribution in [-0.4, -0.2) is 26.7 Å². The summed E-state index contributed by atoms with van der Waals surface area (Å²) in [6, 6.07) is 1.71. The fraction of sp³-hybridized carbons (Fsp3) is 0.565. The first-order chi connectivity index (χ1) is 15.0. The lowest BCUT2D eigenvalue weighted by Gasteiger charge is -2.50. The van der Waals surface area contributed by atoms with Crippen molar-refractivity contribution < 1.29 is 9.18 Å². The van der Waals surface area contributed by atoms with Crippen LogP contribution < -0.4 is 16.2 Å². The lowest BCUT2D eigenvalue weighted by atomic mass is 9.58. The molecule has 1 aliphatic rings. The second kappa shape index (κ2) is 9.68. The number of carbonyl (C=O) groups is 1. The molecule has 4 atom stereocenters. The van der Waals surface area contributed by atoms with Gasteiger partial charge in [-0.15, -0.1) is 0 Å². The van der Waals surface area contributed by atoms with Gasteiger partial charge in [0.25, 0.3) is 5.56 Å². The number of rotatable bonds is 6. The van der Waals surface area contributed by atoms with E-state index < -0.39 is 17.3 Å². The Balaban J connectivity index is 1.67. The number of nitrogens with zero attached hydrogens (tertiary/aromatic N) is 3. The Morgan fingerprint density at radius 1 is 1.31 bits per heavy atom. The number of nitrogens with one attached hydrogen (secondary N) is 2. The Bertz CT molecular complexity index is 1040. The summed E-state index contributed by atoms with van der Waals surface area (Å²) < 4.78 is 15.1. The number of halogens is 2. The van der Waals surface area contributed by atoms with Gasteiger partial charge in [-0.2, -0.15) is 5.10 Å². The van der Waals surface area contributed by atoms with E-state index in [4.69, 9.17) is 0 Å². The lowest BCUT2D eigenvalue weighted by Crippen LogP contribution is -2.48. The largest absolute Gasteiger partial charge is 0.380 e. The van der Waals surface area contributed by atoms with E-state index in [0.29, 0.717) is 33.5 Å². The summed E-state index contributed by atoms with van der Waals surface area (Å²) in [5.41, 5.74) is 0.803. The third-order valence-electron chi connectivity index (χ3n) is 7.43. The lowest BCUT2D eigenvalue weighted by molar-refractivity contribution is -0.122. The van der Waals surface area contributed by atoms with Gasteiger partial charge in [0.05, 0.1) is 18.1 Å². The molecule has 3 rings (SSSR count). The van der Waals surface area contributed by atoms with Crippen LogP contribution in [0.2, 0.25) is 0 Å². The number of amides is 1. The van der Waals surface area contributed by atoms with Crippen LogP contribution in [-0.2, 0) is 17.9 Å². The summed E-state index contributed by atoms with van der Waals surface area (Å²) in [5, 5.41) is 10.3. The fourth-order valence-electron chi connectivity index (χ4n) is 4.38. The van der Waals surface area contributed by atoms with E-state index in [1.807, 2.05) is 0 Å². The summed E-state index contributed by atoms with van der Waals surface area (Å²) in [4.78, 5) is 28.7. The van der Waals surface area contributed by atoms with Crippen LogP contribution >= 0.6 is 15.9 Å². The van der Waals surface area contributed by atoms with Crippen molar-refractivity contribution in [2.45, 2.75) is 60.2 Å². The number of hydrogen-bond donors (Lipinski definition) is 2. The van der Waals surface area contributed by atoms with E-state index in [1.165, 1.54) is 12.3 Å². The molecular weight excluding hydrogens is 477 g/mol. The third-order valence-corrected chi connectivity index (χ3v) is 8.19. The molecule has 0 spiro atoms. The van der Waals surface area contributed by atoms with E-state index in [0.717, 1.165) is 17.3 Å². The Labute approximate surface area is 196 Å². The van der Waals surface area contributed by atoms with Crippen LogP contribution in [0.4, 0.5) is 10.1 Å². The SMILES string of the molecule is C[C@@H]1[C@@H](C)C(C)(C)[C@@H](C)C[C@H]1Nc1cnn(CC(=O)NCc2ccncc2F)c(=O)c1Br. The Morgan fingerprint density at radius 3 is 2.72 bits per heavy atom. The number of aromatic nitrogens is 3. The average Bonchev–Trinajstić information content (AvgIpc) is 2.75. The van der Waals surface area contributed by atoms with Crippen molar-refractivity contribution in [2.24, 2.45) is 23.2 Å². The van der Waals surface area contributed by atoms with Crippen LogP contribution in [0, 0.1) is 29.0 Å². The summed E-state index contributed by atoms with van der Waals surface area (Å²) in [7, 11) is 0. The topological polar surface area (TPSA) is 88.9 Å². The second-order valence-electron chi connectivity index (χ2n) is 9.44. The fourth-order valence-corrected chi connectivity index (χ4v) is 4.80. The first-order valence-corrected chi connectivity index (χ1v) is 11.7. The van der Waals surface area contributed by atoms with Gasteiger partial charge in [0.1, 0.15) is 16.8 Å². The Kier molecular flexibility index (Phi) is 7.37. The quantitative estimate of drug-likeness (QED) is 0.617. The molecule has 1 fully saturated rings. The van der Waals surface area contributed by atoms with Gasteiger partial charge in [-0.3, -0.25) is 14.6 Å². The maximum atomic E-state index is 13.6. The van der Waals surface area contributed by atoms with Crippen molar-refractivity contribution in [2.75, 3.05) is 5.32 Å². The number of carbonyl (C=O) groups excluding carboxylic acids is 1. The van der Waals surface area contributed by atoms with E-state index in [1.54, 1.807) is 6.20 Å². The zero-order valence-corrected chi connectivity index (χ0v) is 20.7. The van der Waals surface area contributed by atoms with Crippen molar-refractivity contribution in [3.8, 4) is 0 Å². The van der Waals surface area contributed by atoms with Crippen LogP contribution in [0.1, 0.15) is 46.6 Å². The first kappa shape index (κ1) is 24.4. The van der Waals surface area contributed by atoms with Crippen LogP contribution in [0.5, 0.6) is 0 Å². The second-order valence-corrected chi connectivity index (χ2v) is 10.2. The smallest absolute Gasteiger partial charge is 0.283 e. The molecule has 0 unspecified atom stereocenters. The molecule has 32 heavy (non-hydrogen) atoms. The maximum Gasteiger partial charge on any atom is 0.283 e. The van der Waals surface area contributed by atoms with Gasteiger partial charge in [0.2, 0.25) is 5.91 Å². The van der Waals surface area contributed by atoms with Crippen LogP contribution in [0.25, 0.3) is 0 Å². The van der Waals surface area contributed by atoms with E-state index in [2.05, 4.69) is 71.3 Å². The van der Waals surface area contributed by atoms with Gasteiger partial charge < -0.3 is 10.6 Å². The highest BCUT2D eigenvalue weighted by molar-refractivity contribution is 9.10. The molecule has 2 aromatic rings. The molecule has 7 nitrogen and oxygen atoms in total. The molecule has 1 amide bonds. The van der Waals surface area contributed by atoms with Crippen LogP contribution in [0.15, 0.2) is 33.9 Å². The van der Waals surface area contributed by atoms with Crippen molar-refractivity contribution in [3.05, 3.63) is 50.9 Å². The molecule has 2 aromatic heterocycles. The monoisotopic (exact) mass is 507 g/mol. The van der Waals surface area contributed by atoms with Gasteiger partial charge in [-0.1, -0.05) is 34.6 Å². The minimum absolute atomic E-state index is 0.00896. The predicted molar refractivity (Wildman–Crippen MR) is 126 cm³/mol. The molecular formula is C23H31BrFN5O2. The van der Waals surface area contributed by atoms with Crippen molar-refractivity contribution >= 4 is 27.5 Å². The summed E-state index contributed by atoms with van der Waals surface area (Å²) in [6.45, 7) is 11.2. The summed E-state index contributed by atoms with van der Waals surface area (Å²) in [5.74, 6) is 0.548. The molecule has 0 radical (unpaired) electrons. The first-order valence-electron chi connectivity index (χ1n) is 10.9. The predicted octanol–water partition coefficient (Wildman–Crippen LogP) is 3.98. The molecule has 0 bridgehead atoms. The maximum absolute atomic E-state index is 13.6. The highest BCUT2D eigenvalue weighted by atomic mass is 79.9. The highest BCUT2D eigenvalue weighted by Gasteiger charge is 2.43. The van der Waals surface area contributed by atoms with Gasteiger partial charge >= 0.3 is 0 Å². The highest BCUT2D eigenvalue weighted by Crippen LogP contribution is 2.48. The zero-order valence-electron chi connectivity index (χ0n) is 19.2. The summed E-state index contributed by atoms with van der Waals surface area (Å²) in [6.07, 6.45) is 5.12. The third kappa shape index (κ3) is 5.03. The number of hydrogen-bond acceptors (Lipinski definition) is 5. The van der Waals surface area contributed by atoms with Gasteiger partial charge in [-0.05, 0) is 51.6 Å². The number of pyridine rings is 1. The zero-order chi connectivity index (χ0) is 23.6. The normalized spacial score (nSPS) is 24.7. The van der Waals surface area contributed by atoms with Gasteiger partial charge in [-0.25, -0.2) is 9.07 Å². The van der Waals surface area contributed by atoms with E-state index in [9.17, 15) is 14.0 Å². The molecule has 174 valence electrons. The van der Waals surface area contributed by atoms with Crippen molar-refractivity contribution in [1.82, 2.24) is 20.1 Å². The standard InChI is InChI=1S/C23H31BrFN5O2/c1-13-8-18(14(2)15(3)23(13,4)5)29-19-11-28-30(22(32)21(19)24)12-20(31)27-9-16-6-7-26-10-17(16)25/h6-7,10-11,13-15,18,29H,8-9,12H2,1-5H3,(H,27,31)/t13-,14+,15+,18+/m0/s1. The molecule has 1 saturated carbocycles. The average molecular weight is 508 g/mol. The molecule has 9 heteroatoms. The molecule has 2 heterocycles. The molecule has 1 aliphatic carbocycles. The van der Waals surface area contributed by atoms with E-state index >= 15 is 0 Å². The van der Waals surface area contributed by atoms with Gasteiger partial charge in [0.15, 0.2) is 0 Å². The summed E-state index contributed by atoms with van der Waals surface area (Å²) >= 11 is 3.38. The molecule has 0 saturated heterocycles. The van der Waals surface area contributed by atoms with Gasteiger partial charge in [0, 0.05) is 24.3 Å². The molecule has 2 N–H and O–H groups in total.